The van der Waals surface area contributed by atoms with E-state index in [1.807, 2.05) is 30.5 Å². The summed E-state index contributed by atoms with van der Waals surface area (Å²) in [6.07, 6.45) is 0. The zero-order chi connectivity index (χ0) is 12.0. The molecular weight excluding hydrogens is 300 g/mol. The Morgan fingerprint density at radius 3 is 2.94 bits per heavy atom. The molecule has 0 spiro atoms. The predicted molar refractivity (Wildman–Crippen MR) is 74.2 cm³/mol. The van der Waals surface area contributed by atoms with Crippen molar-refractivity contribution in [2.24, 2.45) is 0 Å². The Bertz CT molecular complexity index is 702. The smallest absolute Gasteiger partial charge is 0.239 e. The van der Waals surface area contributed by atoms with Gasteiger partial charge in [0.2, 0.25) is 5.89 Å². The number of hydrogen-bond donors (Lipinski definition) is 1. The Labute approximate surface area is 110 Å². The fraction of sp³-hybridized carbons (Fsp3) is 0.0833. The van der Waals surface area contributed by atoms with Crippen LogP contribution in [0.5, 0.6) is 0 Å². The second-order valence-electron chi connectivity index (χ2n) is 3.79. The van der Waals surface area contributed by atoms with Gasteiger partial charge in [0.25, 0.3) is 0 Å². The summed E-state index contributed by atoms with van der Waals surface area (Å²) in [6, 6.07) is 5.76. The third-order valence-corrected chi connectivity index (χ3v) is 4.16. The van der Waals surface area contributed by atoms with Crippen molar-refractivity contribution in [2.45, 2.75) is 6.92 Å². The lowest BCUT2D eigenvalue weighted by atomic mass is 10.3. The minimum Gasteiger partial charge on any atom is -0.435 e. The lowest BCUT2D eigenvalue weighted by Gasteiger charge is -1.92. The molecule has 0 aliphatic rings. The Morgan fingerprint density at radius 1 is 1.41 bits per heavy atom. The van der Waals surface area contributed by atoms with Crippen molar-refractivity contribution in [1.82, 2.24) is 4.98 Å². The molecule has 0 radical (unpaired) electrons. The molecule has 0 amide bonds. The van der Waals surface area contributed by atoms with Crippen LogP contribution in [-0.2, 0) is 0 Å². The molecule has 17 heavy (non-hydrogen) atoms. The van der Waals surface area contributed by atoms with Crippen LogP contribution in [0.25, 0.3) is 21.9 Å². The number of benzene rings is 1. The average Bonchev–Trinajstić information content (AvgIpc) is 2.83. The maximum atomic E-state index is 5.99. The van der Waals surface area contributed by atoms with Gasteiger partial charge in [0, 0.05) is 4.47 Å². The number of nitrogens with two attached hydrogens (primary N) is 1. The summed E-state index contributed by atoms with van der Waals surface area (Å²) in [5.74, 6) is 0.591. The highest BCUT2D eigenvalue weighted by atomic mass is 79.9. The van der Waals surface area contributed by atoms with Crippen LogP contribution in [0.2, 0.25) is 0 Å². The largest absolute Gasteiger partial charge is 0.435 e. The molecule has 2 heterocycles. The summed E-state index contributed by atoms with van der Waals surface area (Å²) >= 11 is 4.97. The number of hydrogen-bond acceptors (Lipinski definition) is 4. The third-order valence-electron chi connectivity index (χ3n) is 2.57. The monoisotopic (exact) mass is 308 g/mol. The lowest BCUT2D eigenvalue weighted by Crippen LogP contribution is -1.86. The van der Waals surface area contributed by atoms with Gasteiger partial charge >= 0.3 is 0 Å². The molecule has 3 nitrogen and oxygen atoms in total. The van der Waals surface area contributed by atoms with Crippen LogP contribution in [-0.4, -0.2) is 4.98 Å². The second kappa shape index (κ2) is 3.85. The van der Waals surface area contributed by atoms with Gasteiger partial charge < -0.3 is 10.2 Å². The van der Waals surface area contributed by atoms with Crippen molar-refractivity contribution in [2.75, 3.05) is 5.73 Å². The molecule has 5 heteroatoms. The van der Waals surface area contributed by atoms with Crippen LogP contribution in [0.1, 0.15) is 5.56 Å². The standard InChI is InChI=1S/C12H9BrN2OS/c1-6-5-17-11(10(6)14)12-15-8-4-7(13)2-3-9(8)16-12/h2-5H,14H2,1H3. The van der Waals surface area contributed by atoms with Crippen molar-refractivity contribution >= 4 is 44.1 Å². The maximum absolute atomic E-state index is 5.99. The molecule has 0 bridgehead atoms. The molecule has 0 atom stereocenters. The Kier molecular flexibility index (Phi) is 2.45. The van der Waals surface area contributed by atoms with Gasteiger partial charge in [-0.25, -0.2) is 4.98 Å². The number of aryl methyl sites for hydroxylation is 1. The number of nitrogens with zero attached hydrogens (tertiary/aromatic N) is 1. The van der Waals surface area contributed by atoms with Crippen LogP contribution >= 0.6 is 27.3 Å². The molecule has 0 fully saturated rings. The normalized spacial score (nSPS) is 11.2. The van der Waals surface area contributed by atoms with Gasteiger partial charge in [-0.15, -0.1) is 11.3 Å². The van der Waals surface area contributed by atoms with Crippen molar-refractivity contribution in [1.29, 1.82) is 0 Å². The topological polar surface area (TPSA) is 52.0 Å². The Hall–Kier alpha value is -1.33. The number of aromatic nitrogens is 1. The van der Waals surface area contributed by atoms with E-state index in [0.717, 1.165) is 31.7 Å². The number of rotatable bonds is 1. The Balaban J connectivity index is 2.21. The first-order chi connectivity index (χ1) is 8.15. The van der Waals surface area contributed by atoms with Crippen LogP contribution in [0.15, 0.2) is 32.5 Å². The van der Waals surface area contributed by atoms with Crippen LogP contribution in [0.3, 0.4) is 0 Å². The van der Waals surface area contributed by atoms with Crippen LogP contribution in [0, 0.1) is 6.92 Å². The number of fused-ring (bicyclic) bond motifs is 1. The summed E-state index contributed by atoms with van der Waals surface area (Å²) in [5.41, 5.74) is 9.41. The molecule has 0 aliphatic heterocycles. The van der Waals surface area contributed by atoms with Gasteiger partial charge in [-0.2, -0.15) is 0 Å². The van der Waals surface area contributed by atoms with Crippen molar-refractivity contribution < 1.29 is 4.42 Å². The second-order valence-corrected chi connectivity index (χ2v) is 5.59. The minimum absolute atomic E-state index is 0.591. The van der Waals surface area contributed by atoms with Crippen LogP contribution in [0.4, 0.5) is 5.69 Å². The van der Waals surface area contributed by atoms with Gasteiger partial charge in [0.1, 0.15) is 10.4 Å². The molecule has 3 aromatic rings. The Morgan fingerprint density at radius 2 is 2.24 bits per heavy atom. The molecule has 3 rings (SSSR count). The number of oxazole rings is 1. The highest BCUT2D eigenvalue weighted by Gasteiger charge is 2.14. The number of halogens is 1. The minimum atomic E-state index is 0.591. The summed E-state index contributed by atoms with van der Waals surface area (Å²) in [5, 5.41) is 2.01. The summed E-state index contributed by atoms with van der Waals surface area (Å²) in [4.78, 5) is 5.35. The fourth-order valence-electron chi connectivity index (χ4n) is 1.62. The highest BCUT2D eigenvalue weighted by molar-refractivity contribution is 9.10. The van der Waals surface area contributed by atoms with Gasteiger partial charge in [0.05, 0.1) is 5.69 Å². The quantitative estimate of drug-likeness (QED) is 0.732. The fourth-order valence-corrected chi connectivity index (χ4v) is 2.86. The zero-order valence-electron chi connectivity index (χ0n) is 9.03. The molecule has 0 unspecified atom stereocenters. The van der Waals surface area contributed by atoms with E-state index in [9.17, 15) is 0 Å². The number of thiophene rings is 1. The molecule has 86 valence electrons. The first-order valence-electron chi connectivity index (χ1n) is 5.05. The summed E-state index contributed by atoms with van der Waals surface area (Å²) in [7, 11) is 0. The molecule has 2 N–H and O–H groups in total. The molecule has 0 aliphatic carbocycles. The predicted octanol–water partition coefficient (Wildman–Crippen LogP) is 4.21. The first kappa shape index (κ1) is 10.8. The molecule has 1 aromatic carbocycles. The van der Waals surface area contributed by atoms with Crippen molar-refractivity contribution in [3.8, 4) is 10.8 Å². The molecule has 2 aromatic heterocycles. The van der Waals surface area contributed by atoms with E-state index in [4.69, 9.17) is 10.2 Å². The average molecular weight is 309 g/mol. The third kappa shape index (κ3) is 1.75. The first-order valence-corrected chi connectivity index (χ1v) is 6.72. The van der Waals surface area contributed by atoms with E-state index in [0.29, 0.717) is 5.89 Å². The van der Waals surface area contributed by atoms with Gasteiger partial charge in [-0.1, -0.05) is 15.9 Å². The SMILES string of the molecule is Cc1csc(-c2nc3cc(Br)ccc3o2)c1N. The van der Waals surface area contributed by atoms with E-state index in [-0.39, 0.29) is 0 Å². The lowest BCUT2D eigenvalue weighted by molar-refractivity contribution is 0.622. The summed E-state index contributed by atoms with van der Waals surface area (Å²) in [6.45, 7) is 1.98. The number of nitrogen functional groups attached to an aromatic ring is 1. The van der Waals surface area contributed by atoms with E-state index < -0.39 is 0 Å². The van der Waals surface area contributed by atoms with E-state index in [1.54, 1.807) is 11.3 Å². The molecule has 0 saturated carbocycles. The van der Waals surface area contributed by atoms with Gasteiger partial charge in [-0.05, 0) is 36.1 Å². The van der Waals surface area contributed by atoms with Gasteiger partial charge in [0.15, 0.2) is 5.58 Å². The van der Waals surface area contributed by atoms with Crippen molar-refractivity contribution in [3.05, 3.63) is 33.6 Å². The zero-order valence-corrected chi connectivity index (χ0v) is 11.4. The summed E-state index contributed by atoms with van der Waals surface area (Å²) < 4.78 is 6.69. The maximum Gasteiger partial charge on any atom is 0.239 e. The van der Waals surface area contributed by atoms with E-state index in [1.165, 1.54) is 0 Å². The van der Waals surface area contributed by atoms with Gasteiger partial charge in [-0.3, -0.25) is 0 Å². The van der Waals surface area contributed by atoms with Crippen molar-refractivity contribution in [3.63, 3.8) is 0 Å². The van der Waals surface area contributed by atoms with E-state index >= 15 is 0 Å². The van der Waals surface area contributed by atoms with Crippen LogP contribution < -0.4 is 5.73 Å². The molecular formula is C12H9BrN2OS. The number of anilines is 1. The molecule has 0 saturated heterocycles. The highest BCUT2D eigenvalue weighted by Crippen LogP contribution is 2.36. The van der Waals surface area contributed by atoms with E-state index in [2.05, 4.69) is 20.9 Å².